The zero-order valence-electron chi connectivity index (χ0n) is 8.42. The first-order valence-corrected chi connectivity index (χ1v) is 5.94. The molecule has 0 radical (unpaired) electrons. The summed E-state index contributed by atoms with van der Waals surface area (Å²) in [5.41, 5.74) is 6.19. The quantitative estimate of drug-likeness (QED) is 0.630. The minimum atomic E-state index is 0.00962. The third-order valence-electron chi connectivity index (χ3n) is 1.69. The molecule has 0 fully saturated rings. The molecule has 0 bridgehead atoms. The maximum Gasteiger partial charge on any atom is 0.230 e. The topological polar surface area (TPSA) is 55.1 Å². The normalized spacial score (nSPS) is 10.0. The van der Waals surface area contributed by atoms with Gasteiger partial charge < -0.3 is 11.1 Å². The first-order chi connectivity index (χ1) is 7.13. The standard InChI is InChI=1S/C10H13ClN2OS/c1-2-13-10(14)6-15-9-4-3-7(12)5-8(9)11/h3-5H,2,6,12H2,1H3,(H,13,14). The summed E-state index contributed by atoms with van der Waals surface area (Å²) < 4.78 is 0. The van der Waals surface area contributed by atoms with E-state index in [2.05, 4.69) is 5.32 Å². The molecule has 82 valence electrons. The van der Waals surface area contributed by atoms with Crippen molar-refractivity contribution in [3.8, 4) is 0 Å². The van der Waals surface area contributed by atoms with Crippen LogP contribution in [0.2, 0.25) is 5.02 Å². The van der Waals surface area contributed by atoms with Gasteiger partial charge in [0.15, 0.2) is 0 Å². The number of nitrogens with two attached hydrogens (primary N) is 1. The van der Waals surface area contributed by atoms with Crippen LogP contribution in [0.5, 0.6) is 0 Å². The van der Waals surface area contributed by atoms with E-state index < -0.39 is 0 Å². The van der Waals surface area contributed by atoms with Gasteiger partial charge in [-0.2, -0.15) is 0 Å². The Kier molecular flexibility index (Phi) is 4.78. The maximum atomic E-state index is 11.2. The molecule has 5 heteroatoms. The Morgan fingerprint density at radius 1 is 1.60 bits per heavy atom. The van der Waals surface area contributed by atoms with Crippen molar-refractivity contribution in [1.29, 1.82) is 0 Å². The van der Waals surface area contributed by atoms with Crippen LogP contribution in [0.25, 0.3) is 0 Å². The molecule has 0 spiro atoms. The fourth-order valence-corrected chi connectivity index (χ4v) is 2.13. The number of carbonyl (C=O) groups excluding carboxylic acids is 1. The minimum absolute atomic E-state index is 0.00962. The number of anilines is 1. The van der Waals surface area contributed by atoms with Crippen LogP contribution >= 0.6 is 23.4 Å². The second kappa shape index (κ2) is 5.88. The van der Waals surface area contributed by atoms with Crippen LogP contribution in [0.15, 0.2) is 23.1 Å². The van der Waals surface area contributed by atoms with Crippen LogP contribution in [0.4, 0.5) is 5.69 Å². The van der Waals surface area contributed by atoms with E-state index in [0.29, 0.717) is 23.0 Å². The maximum absolute atomic E-state index is 11.2. The molecule has 0 atom stereocenters. The number of benzene rings is 1. The summed E-state index contributed by atoms with van der Waals surface area (Å²) in [6.45, 7) is 2.54. The van der Waals surface area contributed by atoms with Crippen LogP contribution in [0.1, 0.15) is 6.92 Å². The molecule has 0 heterocycles. The second-order valence-electron chi connectivity index (χ2n) is 2.93. The largest absolute Gasteiger partial charge is 0.399 e. The van der Waals surface area contributed by atoms with Gasteiger partial charge in [-0.05, 0) is 25.1 Å². The van der Waals surface area contributed by atoms with E-state index in [-0.39, 0.29) is 5.91 Å². The van der Waals surface area contributed by atoms with Crippen molar-refractivity contribution in [3.63, 3.8) is 0 Å². The number of nitrogens with one attached hydrogen (secondary N) is 1. The SMILES string of the molecule is CCNC(=O)CSc1ccc(N)cc1Cl. The van der Waals surface area contributed by atoms with Gasteiger partial charge in [-0.15, -0.1) is 11.8 Å². The molecule has 3 N–H and O–H groups in total. The third kappa shape index (κ3) is 4.01. The number of thioether (sulfide) groups is 1. The summed E-state index contributed by atoms with van der Waals surface area (Å²) in [6, 6.07) is 5.27. The number of hydrogen-bond donors (Lipinski definition) is 2. The number of rotatable bonds is 4. The number of halogens is 1. The summed E-state index contributed by atoms with van der Waals surface area (Å²) in [5.74, 6) is 0.382. The first kappa shape index (κ1) is 12.2. The average molecular weight is 245 g/mol. The highest BCUT2D eigenvalue weighted by Gasteiger charge is 2.04. The first-order valence-electron chi connectivity index (χ1n) is 4.58. The molecule has 1 rings (SSSR count). The van der Waals surface area contributed by atoms with Gasteiger partial charge in [0.1, 0.15) is 0 Å². The lowest BCUT2D eigenvalue weighted by Gasteiger charge is -2.04. The van der Waals surface area contributed by atoms with E-state index in [9.17, 15) is 4.79 Å². The molecule has 1 aromatic carbocycles. The Hall–Kier alpha value is -0.870. The molecule has 15 heavy (non-hydrogen) atoms. The lowest BCUT2D eigenvalue weighted by molar-refractivity contribution is -0.118. The van der Waals surface area contributed by atoms with E-state index >= 15 is 0 Å². The molecule has 0 aromatic heterocycles. The third-order valence-corrected chi connectivity index (χ3v) is 3.19. The fourth-order valence-electron chi connectivity index (χ4n) is 1.03. The van der Waals surface area contributed by atoms with Gasteiger partial charge in [0.05, 0.1) is 10.8 Å². The predicted octanol–water partition coefficient (Wildman–Crippen LogP) is 2.15. The lowest BCUT2D eigenvalue weighted by Crippen LogP contribution is -2.24. The molecule has 1 aromatic rings. The number of hydrogen-bond acceptors (Lipinski definition) is 3. The van der Waals surface area contributed by atoms with Crippen molar-refractivity contribution in [1.82, 2.24) is 5.32 Å². The van der Waals surface area contributed by atoms with Gasteiger partial charge in [0, 0.05) is 17.1 Å². The Morgan fingerprint density at radius 3 is 2.93 bits per heavy atom. The van der Waals surface area contributed by atoms with E-state index in [1.54, 1.807) is 12.1 Å². The monoisotopic (exact) mass is 244 g/mol. The molecule has 0 saturated carbocycles. The molecule has 1 amide bonds. The van der Waals surface area contributed by atoms with Gasteiger partial charge >= 0.3 is 0 Å². The van der Waals surface area contributed by atoms with Gasteiger partial charge in [0.25, 0.3) is 0 Å². The molecular formula is C10H13ClN2OS. The number of amides is 1. The zero-order chi connectivity index (χ0) is 11.3. The van der Waals surface area contributed by atoms with Crippen LogP contribution in [-0.2, 0) is 4.79 Å². The fraction of sp³-hybridized carbons (Fsp3) is 0.300. The van der Waals surface area contributed by atoms with Crippen molar-refractivity contribution < 1.29 is 4.79 Å². The van der Waals surface area contributed by atoms with Crippen LogP contribution < -0.4 is 11.1 Å². The van der Waals surface area contributed by atoms with Gasteiger partial charge in [-0.25, -0.2) is 0 Å². The lowest BCUT2D eigenvalue weighted by atomic mass is 10.3. The molecule has 0 aliphatic carbocycles. The summed E-state index contributed by atoms with van der Waals surface area (Å²) in [5, 5.41) is 3.31. The predicted molar refractivity (Wildman–Crippen MR) is 65.3 cm³/mol. The van der Waals surface area contributed by atoms with Crippen LogP contribution in [0, 0.1) is 0 Å². The van der Waals surface area contributed by atoms with Crippen LogP contribution in [0.3, 0.4) is 0 Å². The van der Waals surface area contributed by atoms with Crippen LogP contribution in [-0.4, -0.2) is 18.2 Å². The van der Waals surface area contributed by atoms with Gasteiger partial charge in [0.2, 0.25) is 5.91 Å². The van der Waals surface area contributed by atoms with Crippen molar-refractivity contribution >= 4 is 35.0 Å². The molecule has 0 aliphatic heterocycles. The summed E-state index contributed by atoms with van der Waals surface area (Å²) in [4.78, 5) is 12.1. The molecule has 0 unspecified atom stereocenters. The number of carbonyl (C=O) groups is 1. The van der Waals surface area contributed by atoms with Gasteiger partial charge in [-0.3, -0.25) is 4.79 Å². The Balaban J connectivity index is 2.54. The van der Waals surface area contributed by atoms with E-state index in [0.717, 1.165) is 4.90 Å². The summed E-state index contributed by atoms with van der Waals surface area (Å²) >= 11 is 7.36. The van der Waals surface area contributed by atoms with Crippen molar-refractivity contribution in [2.75, 3.05) is 18.0 Å². The van der Waals surface area contributed by atoms with Gasteiger partial charge in [-0.1, -0.05) is 11.6 Å². The van der Waals surface area contributed by atoms with Crippen molar-refractivity contribution in [3.05, 3.63) is 23.2 Å². The number of nitrogen functional groups attached to an aromatic ring is 1. The smallest absolute Gasteiger partial charge is 0.230 e. The average Bonchev–Trinajstić information content (AvgIpc) is 2.17. The Bertz CT molecular complexity index is 357. The summed E-state index contributed by atoms with van der Waals surface area (Å²) in [6.07, 6.45) is 0. The van der Waals surface area contributed by atoms with E-state index in [4.69, 9.17) is 17.3 Å². The molecule has 0 saturated heterocycles. The Labute approximate surface area is 98.4 Å². The van der Waals surface area contributed by atoms with E-state index in [1.807, 2.05) is 13.0 Å². The van der Waals surface area contributed by atoms with E-state index in [1.165, 1.54) is 11.8 Å². The summed E-state index contributed by atoms with van der Waals surface area (Å²) in [7, 11) is 0. The second-order valence-corrected chi connectivity index (χ2v) is 4.36. The highest BCUT2D eigenvalue weighted by atomic mass is 35.5. The molecular weight excluding hydrogens is 232 g/mol. The molecule has 0 aliphatic rings. The highest BCUT2D eigenvalue weighted by molar-refractivity contribution is 8.00. The zero-order valence-corrected chi connectivity index (χ0v) is 9.99. The van der Waals surface area contributed by atoms with Crippen molar-refractivity contribution in [2.45, 2.75) is 11.8 Å². The Morgan fingerprint density at radius 2 is 2.33 bits per heavy atom. The molecule has 3 nitrogen and oxygen atoms in total. The highest BCUT2D eigenvalue weighted by Crippen LogP contribution is 2.28. The minimum Gasteiger partial charge on any atom is -0.399 e. The van der Waals surface area contributed by atoms with Crippen molar-refractivity contribution in [2.24, 2.45) is 0 Å².